The fourth-order valence-corrected chi connectivity index (χ4v) is 6.43. The van der Waals surface area contributed by atoms with Crippen molar-refractivity contribution in [3.63, 3.8) is 0 Å². The number of thioether (sulfide) groups is 1. The first kappa shape index (κ1) is 30.4. The van der Waals surface area contributed by atoms with Crippen LogP contribution in [0.15, 0.2) is 71.3 Å². The summed E-state index contributed by atoms with van der Waals surface area (Å²) >= 11 is 19.9. The van der Waals surface area contributed by atoms with Crippen molar-refractivity contribution in [2.45, 2.75) is 54.5 Å². The van der Waals surface area contributed by atoms with Crippen LogP contribution >= 0.6 is 55.8 Å². The zero-order valence-corrected chi connectivity index (χ0v) is 24.9. The molecule has 1 heterocycles. The Kier molecular flexibility index (Phi) is 9.14. The Balaban J connectivity index is 1.87. The van der Waals surface area contributed by atoms with E-state index in [9.17, 15) is 22.0 Å². The van der Waals surface area contributed by atoms with Gasteiger partial charge in [-0.2, -0.15) is 13.2 Å². The van der Waals surface area contributed by atoms with Gasteiger partial charge < -0.3 is 4.57 Å². The number of nitrogens with zero attached hydrogens (tertiary/aromatic N) is 2. The second kappa shape index (κ2) is 11.7. The van der Waals surface area contributed by atoms with Gasteiger partial charge in [0.25, 0.3) is 0 Å². The zero-order valence-electron chi connectivity index (χ0n) is 20.7. The van der Waals surface area contributed by atoms with E-state index in [-0.39, 0.29) is 17.2 Å². The first-order chi connectivity index (χ1) is 18.2. The summed E-state index contributed by atoms with van der Waals surface area (Å²) in [5, 5.41) is 1.32. The molecule has 208 valence electrons. The van der Waals surface area contributed by atoms with Crippen molar-refractivity contribution in [3.05, 3.63) is 104 Å². The van der Waals surface area contributed by atoms with Crippen molar-refractivity contribution in [2.75, 3.05) is 0 Å². The third kappa shape index (κ3) is 6.51. The van der Waals surface area contributed by atoms with Crippen LogP contribution in [0.1, 0.15) is 43.1 Å². The molecule has 0 amide bonds. The molecule has 1 aromatic heterocycles. The first-order valence-corrected chi connectivity index (χ1v) is 14.5. The van der Waals surface area contributed by atoms with E-state index >= 15 is 0 Å². The maximum absolute atomic E-state index is 14.6. The average Bonchev–Trinajstić information content (AvgIpc) is 3.21. The van der Waals surface area contributed by atoms with E-state index < -0.39 is 40.5 Å². The standard InChI is InChI=1S/C27H23Cl3F5N2PS/c1-26(2,15-4-6-18(28)20(30)9-15)24-12-36-25(39-13-14-3-5-16(31)10-19(14)29)37(24)22-11-17(27(33,34)35)21(32)7-8-23(22)38/h3-7,9-12,22-23H,8,13,38H2,1-2H3. The smallest absolute Gasteiger partial charge is 0.315 e. The van der Waals surface area contributed by atoms with Crippen LogP contribution in [0.4, 0.5) is 22.0 Å². The summed E-state index contributed by atoms with van der Waals surface area (Å²) < 4.78 is 71.5. The minimum Gasteiger partial charge on any atom is -0.315 e. The Bertz CT molecular complexity index is 1450. The predicted octanol–water partition coefficient (Wildman–Crippen LogP) is 10.1. The van der Waals surface area contributed by atoms with E-state index in [1.807, 2.05) is 13.8 Å². The molecule has 2 aromatic carbocycles. The molecule has 0 aliphatic heterocycles. The van der Waals surface area contributed by atoms with Gasteiger partial charge in [-0.15, -0.1) is 9.24 Å². The Morgan fingerprint density at radius 1 is 1.03 bits per heavy atom. The Hall–Kier alpha value is -1.57. The summed E-state index contributed by atoms with van der Waals surface area (Å²) in [5.41, 5.74) is -0.627. The fourth-order valence-electron chi connectivity index (χ4n) is 4.37. The maximum Gasteiger partial charge on any atom is 0.418 e. The lowest BCUT2D eigenvalue weighted by atomic mass is 9.81. The van der Waals surface area contributed by atoms with Gasteiger partial charge in [0.15, 0.2) is 5.16 Å². The summed E-state index contributed by atoms with van der Waals surface area (Å²) in [6, 6.07) is 8.25. The summed E-state index contributed by atoms with van der Waals surface area (Å²) in [6.07, 6.45) is -1.35. The van der Waals surface area contributed by atoms with Crippen LogP contribution < -0.4 is 0 Å². The van der Waals surface area contributed by atoms with Gasteiger partial charge in [0.2, 0.25) is 0 Å². The van der Waals surface area contributed by atoms with Gasteiger partial charge in [-0.05, 0) is 54.0 Å². The van der Waals surface area contributed by atoms with E-state index in [1.54, 1.807) is 35.0 Å². The molecule has 12 heteroatoms. The molecule has 0 radical (unpaired) electrons. The van der Waals surface area contributed by atoms with Gasteiger partial charge in [-0.25, -0.2) is 13.8 Å². The predicted molar refractivity (Wildman–Crippen MR) is 152 cm³/mol. The molecular formula is C27H23Cl3F5N2PS. The number of imidazole rings is 1. The van der Waals surface area contributed by atoms with Gasteiger partial charge >= 0.3 is 6.18 Å². The fraction of sp³-hybridized carbons (Fsp3) is 0.296. The van der Waals surface area contributed by atoms with Crippen LogP contribution in [0.5, 0.6) is 0 Å². The molecule has 2 nitrogen and oxygen atoms in total. The SMILES string of the molecule is CC(C)(c1ccc(Cl)c(Cl)c1)c1cnc(SCc2ccc(F)cc2Cl)n1C1C=C(C(F)(F)F)C(F)=CCC1P. The van der Waals surface area contributed by atoms with Gasteiger partial charge in [-0.3, -0.25) is 0 Å². The number of allylic oxidation sites excluding steroid dienone is 4. The molecule has 1 aliphatic rings. The number of alkyl halides is 3. The van der Waals surface area contributed by atoms with Gasteiger partial charge in [0.05, 0.1) is 27.9 Å². The molecule has 4 rings (SSSR count). The van der Waals surface area contributed by atoms with Crippen LogP contribution in [0.2, 0.25) is 15.1 Å². The number of halogens is 8. The quantitative estimate of drug-likeness (QED) is 0.152. The molecule has 3 atom stereocenters. The van der Waals surface area contributed by atoms with E-state index in [0.717, 1.165) is 17.7 Å². The van der Waals surface area contributed by atoms with Crippen molar-refractivity contribution in [3.8, 4) is 0 Å². The molecule has 1 aliphatic carbocycles. The average molecular weight is 640 g/mol. The van der Waals surface area contributed by atoms with Crippen LogP contribution in [0.3, 0.4) is 0 Å². The zero-order chi connectivity index (χ0) is 28.7. The first-order valence-electron chi connectivity index (χ1n) is 11.7. The lowest BCUT2D eigenvalue weighted by Crippen LogP contribution is -2.28. The highest BCUT2D eigenvalue weighted by molar-refractivity contribution is 7.98. The maximum atomic E-state index is 14.6. The summed E-state index contributed by atoms with van der Waals surface area (Å²) in [6.45, 7) is 3.79. The molecule has 0 N–H and O–H groups in total. The van der Waals surface area contributed by atoms with E-state index in [4.69, 9.17) is 34.8 Å². The molecule has 39 heavy (non-hydrogen) atoms. The van der Waals surface area contributed by atoms with Crippen LogP contribution in [0.25, 0.3) is 0 Å². The van der Waals surface area contributed by atoms with E-state index in [1.165, 1.54) is 23.9 Å². The van der Waals surface area contributed by atoms with Crippen LogP contribution in [0, 0.1) is 5.82 Å². The summed E-state index contributed by atoms with van der Waals surface area (Å²) in [4.78, 5) is 4.58. The number of benzene rings is 2. The molecular weight excluding hydrogens is 617 g/mol. The van der Waals surface area contributed by atoms with Crippen LogP contribution in [-0.2, 0) is 11.2 Å². The van der Waals surface area contributed by atoms with E-state index in [2.05, 4.69) is 14.2 Å². The topological polar surface area (TPSA) is 17.8 Å². The molecule has 3 aromatic rings. The minimum atomic E-state index is -4.89. The highest BCUT2D eigenvalue weighted by Crippen LogP contribution is 2.44. The number of rotatable bonds is 6. The normalized spacial score (nSPS) is 18.5. The third-order valence-corrected chi connectivity index (χ3v) is 9.40. The lowest BCUT2D eigenvalue weighted by molar-refractivity contribution is -0.0914. The van der Waals surface area contributed by atoms with Gasteiger partial charge in [0.1, 0.15) is 11.6 Å². The molecule has 3 unspecified atom stereocenters. The molecule has 0 spiro atoms. The third-order valence-electron chi connectivity index (χ3n) is 6.62. The van der Waals surface area contributed by atoms with Crippen molar-refractivity contribution in [1.29, 1.82) is 0 Å². The highest BCUT2D eigenvalue weighted by Gasteiger charge is 2.41. The molecule has 0 saturated carbocycles. The second-order valence-corrected chi connectivity index (χ2v) is 12.6. The summed E-state index contributed by atoms with van der Waals surface area (Å²) in [7, 11) is 2.54. The van der Waals surface area contributed by atoms with Crippen molar-refractivity contribution >= 4 is 55.8 Å². The Labute approximate surface area is 244 Å². The highest BCUT2D eigenvalue weighted by atomic mass is 35.5. The largest absolute Gasteiger partial charge is 0.418 e. The second-order valence-electron chi connectivity index (χ2n) is 9.59. The summed E-state index contributed by atoms with van der Waals surface area (Å²) in [5.74, 6) is -1.51. The van der Waals surface area contributed by atoms with Crippen molar-refractivity contribution in [1.82, 2.24) is 9.55 Å². The van der Waals surface area contributed by atoms with Crippen molar-refractivity contribution in [2.24, 2.45) is 0 Å². The minimum absolute atomic E-state index is 0.0516. The number of hydrogen-bond donors (Lipinski definition) is 0. The van der Waals surface area contributed by atoms with E-state index in [0.29, 0.717) is 26.5 Å². The van der Waals surface area contributed by atoms with Gasteiger partial charge in [0, 0.05) is 27.5 Å². The number of aromatic nitrogens is 2. The monoisotopic (exact) mass is 638 g/mol. The molecule has 0 bridgehead atoms. The molecule has 0 saturated heterocycles. The number of hydrogen-bond acceptors (Lipinski definition) is 2. The Morgan fingerprint density at radius 2 is 1.74 bits per heavy atom. The molecule has 0 fully saturated rings. The van der Waals surface area contributed by atoms with Crippen LogP contribution in [-0.4, -0.2) is 21.4 Å². The van der Waals surface area contributed by atoms with Crippen molar-refractivity contribution < 1.29 is 22.0 Å². The Morgan fingerprint density at radius 3 is 2.38 bits per heavy atom. The van der Waals surface area contributed by atoms with Gasteiger partial charge in [-0.1, -0.05) is 72.5 Å². The lowest BCUT2D eigenvalue weighted by Gasteiger charge is -2.32.